The van der Waals surface area contributed by atoms with Gasteiger partial charge in [0.1, 0.15) is 42.0 Å². The Kier molecular flexibility index (Phi) is 10.5. The average molecular weight is 667 g/mol. The van der Waals surface area contributed by atoms with Gasteiger partial charge in [0, 0.05) is 61.5 Å². The first kappa shape index (κ1) is 34.9. The molecule has 1 fully saturated rings. The van der Waals surface area contributed by atoms with Crippen molar-refractivity contribution in [3.05, 3.63) is 93.8 Å². The van der Waals surface area contributed by atoms with Crippen LogP contribution in [-0.2, 0) is 34.0 Å². The third kappa shape index (κ3) is 8.34. The number of amides is 2. The van der Waals surface area contributed by atoms with Gasteiger partial charge in [-0.2, -0.15) is 10.5 Å². The van der Waals surface area contributed by atoms with E-state index in [1.165, 1.54) is 11.0 Å². The number of hydrogen-bond acceptors (Lipinski definition) is 9. The van der Waals surface area contributed by atoms with Crippen molar-refractivity contribution < 1.29 is 28.2 Å². The number of nitrogens with two attached hydrogens (primary N) is 1. The molecule has 3 aromatic carbocycles. The molecule has 0 bridgehead atoms. The molecule has 0 unspecified atom stereocenters. The topological polar surface area (TPSA) is 153 Å². The third-order valence-electron chi connectivity index (χ3n) is 8.59. The van der Waals surface area contributed by atoms with Crippen LogP contribution in [0.3, 0.4) is 0 Å². The Morgan fingerprint density at radius 3 is 2.39 bits per heavy atom. The van der Waals surface area contributed by atoms with Crippen molar-refractivity contribution in [1.29, 1.82) is 10.5 Å². The minimum absolute atomic E-state index is 0.0216. The van der Waals surface area contributed by atoms with Crippen molar-refractivity contribution in [3.63, 3.8) is 0 Å². The molecule has 1 atom stereocenters. The highest BCUT2D eigenvalue weighted by atomic mass is 19.1. The first-order valence-corrected chi connectivity index (χ1v) is 16.1. The molecule has 1 saturated heterocycles. The van der Waals surface area contributed by atoms with E-state index < -0.39 is 35.2 Å². The minimum atomic E-state index is -1.01. The number of nitriles is 2. The Bertz CT molecular complexity index is 1830. The monoisotopic (exact) mass is 666 g/mol. The summed E-state index contributed by atoms with van der Waals surface area (Å²) >= 11 is 0. The molecule has 254 valence electrons. The summed E-state index contributed by atoms with van der Waals surface area (Å²) in [5, 5.41) is 18.5. The lowest BCUT2D eigenvalue weighted by Crippen LogP contribution is -2.46. The van der Waals surface area contributed by atoms with Gasteiger partial charge in [0.2, 0.25) is 5.91 Å². The van der Waals surface area contributed by atoms with Crippen LogP contribution in [0.1, 0.15) is 71.8 Å². The van der Waals surface area contributed by atoms with E-state index in [1.807, 2.05) is 18.2 Å². The number of esters is 1. The smallest absolute Gasteiger partial charge is 0.306 e. The molecule has 2 N–H and O–H groups in total. The lowest BCUT2D eigenvalue weighted by Gasteiger charge is -2.36. The van der Waals surface area contributed by atoms with E-state index in [1.54, 1.807) is 57.2 Å². The number of carbonyl (C=O) groups is 3. The Morgan fingerprint density at radius 1 is 1.00 bits per heavy atom. The van der Waals surface area contributed by atoms with Gasteiger partial charge in [-0.3, -0.25) is 19.3 Å². The number of rotatable bonds is 11. The van der Waals surface area contributed by atoms with Gasteiger partial charge in [0.05, 0.1) is 17.7 Å². The number of carbonyl (C=O) groups excluding carboxylic acids is 3. The number of piperazine rings is 1. The van der Waals surface area contributed by atoms with Crippen LogP contribution < -0.4 is 15.4 Å². The number of ether oxygens (including phenoxy) is 2. The summed E-state index contributed by atoms with van der Waals surface area (Å²) in [4.78, 5) is 43.7. The maximum atomic E-state index is 15.3. The van der Waals surface area contributed by atoms with Crippen LogP contribution in [0.4, 0.5) is 10.1 Å². The van der Waals surface area contributed by atoms with Crippen LogP contribution in [0.15, 0.2) is 54.6 Å². The van der Waals surface area contributed by atoms with Crippen LogP contribution >= 0.6 is 0 Å². The van der Waals surface area contributed by atoms with Crippen LogP contribution in [0.2, 0.25) is 0 Å². The fourth-order valence-corrected chi connectivity index (χ4v) is 6.11. The molecular weight excluding hydrogens is 627 g/mol. The van der Waals surface area contributed by atoms with Crippen LogP contribution in [0.5, 0.6) is 5.75 Å². The summed E-state index contributed by atoms with van der Waals surface area (Å²) in [6, 6.07) is 18.5. The van der Waals surface area contributed by atoms with E-state index in [2.05, 4.69) is 15.9 Å². The second-order valence-electron chi connectivity index (χ2n) is 13.2. The van der Waals surface area contributed by atoms with E-state index >= 15 is 4.39 Å². The van der Waals surface area contributed by atoms with Gasteiger partial charge in [-0.15, -0.1) is 0 Å². The van der Waals surface area contributed by atoms with Gasteiger partial charge in [0.15, 0.2) is 0 Å². The molecule has 0 radical (unpaired) electrons. The molecule has 2 aliphatic rings. The van der Waals surface area contributed by atoms with Gasteiger partial charge in [0.25, 0.3) is 5.91 Å². The van der Waals surface area contributed by atoms with E-state index in [-0.39, 0.29) is 26.0 Å². The Labute approximate surface area is 285 Å². The van der Waals surface area contributed by atoms with Gasteiger partial charge >= 0.3 is 5.97 Å². The lowest BCUT2D eigenvalue weighted by atomic mass is 10.1. The summed E-state index contributed by atoms with van der Waals surface area (Å²) < 4.78 is 26.6. The summed E-state index contributed by atoms with van der Waals surface area (Å²) in [6.07, 6.45) is -0.0593. The standard InChI is InChI=1S/C37H39FN6O5/c1-37(2,3)49-34(45)12-11-32(35(41)46)44-22-30-29(36(44)47)5-4-6-33(30)48-23-26-8-7-24(17-31(26)38)21-42-13-15-43(16-14-42)28-10-9-25(19-39)27(18-28)20-40/h4-10,17-18,32H,11-16,21-23H2,1-3H3,(H2,41,46)/t32-/m0/s1. The van der Waals surface area contributed by atoms with Gasteiger partial charge in [-0.1, -0.05) is 18.2 Å². The molecular formula is C37H39FN6O5. The van der Waals surface area contributed by atoms with Crippen molar-refractivity contribution in [1.82, 2.24) is 9.80 Å². The first-order valence-electron chi connectivity index (χ1n) is 16.1. The van der Waals surface area contributed by atoms with Crippen molar-refractivity contribution in [2.75, 3.05) is 31.1 Å². The summed E-state index contributed by atoms with van der Waals surface area (Å²) in [6.45, 7) is 8.77. The van der Waals surface area contributed by atoms with Crippen molar-refractivity contribution in [2.24, 2.45) is 5.73 Å². The lowest BCUT2D eigenvalue weighted by molar-refractivity contribution is -0.155. The van der Waals surface area contributed by atoms with Crippen LogP contribution in [0.25, 0.3) is 0 Å². The second kappa shape index (κ2) is 14.8. The molecule has 2 heterocycles. The predicted molar refractivity (Wildman–Crippen MR) is 178 cm³/mol. The number of primary amides is 1. The van der Waals surface area contributed by atoms with E-state index in [0.29, 0.717) is 40.1 Å². The summed E-state index contributed by atoms with van der Waals surface area (Å²) in [5.74, 6) is -1.61. The third-order valence-corrected chi connectivity index (χ3v) is 8.59. The van der Waals surface area contributed by atoms with Crippen molar-refractivity contribution in [2.45, 2.75) is 65.0 Å². The predicted octanol–water partition coefficient (Wildman–Crippen LogP) is 4.40. The largest absolute Gasteiger partial charge is 0.488 e. The van der Waals surface area contributed by atoms with Crippen molar-refractivity contribution in [3.8, 4) is 17.9 Å². The average Bonchev–Trinajstić information content (AvgIpc) is 3.39. The summed E-state index contributed by atoms with van der Waals surface area (Å²) in [5.41, 5.74) is 8.70. The second-order valence-corrected chi connectivity index (χ2v) is 13.2. The molecule has 0 spiro atoms. The number of hydrogen-bond donors (Lipinski definition) is 1. The van der Waals surface area contributed by atoms with Crippen LogP contribution in [-0.4, -0.2) is 65.4 Å². The quantitative estimate of drug-likeness (QED) is 0.294. The Morgan fingerprint density at radius 2 is 1.73 bits per heavy atom. The zero-order valence-electron chi connectivity index (χ0n) is 27.9. The Hall–Kier alpha value is -5.46. The van der Waals surface area contributed by atoms with Gasteiger partial charge < -0.3 is 25.0 Å². The zero-order chi connectivity index (χ0) is 35.3. The minimum Gasteiger partial charge on any atom is -0.488 e. The van der Waals surface area contributed by atoms with E-state index in [9.17, 15) is 24.9 Å². The highest BCUT2D eigenvalue weighted by Crippen LogP contribution is 2.34. The molecule has 49 heavy (non-hydrogen) atoms. The molecule has 11 nitrogen and oxygen atoms in total. The zero-order valence-corrected chi connectivity index (χ0v) is 27.9. The van der Waals surface area contributed by atoms with Gasteiger partial charge in [-0.25, -0.2) is 4.39 Å². The number of halogens is 1. The molecule has 0 aliphatic carbocycles. The molecule has 2 amide bonds. The molecule has 0 aromatic heterocycles. The molecule has 3 aromatic rings. The van der Waals surface area contributed by atoms with E-state index in [0.717, 1.165) is 37.4 Å². The normalized spacial score (nSPS) is 15.3. The summed E-state index contributed by atoms with van der Waals surface area (Å²) in [7, 11) is 0. The highest BCUT2D eigenvalue weighted by Gasteiger charge is 2.37. The van der Waals surface area contributed by atoms with Gasteiger partial charge in [-0.05, 0) is 69.2 Å². The highest BCUT2D eigenvalue weighted by molar-refractivity contribution is 6.01. The molecule has 0 saturated carbocycles. The number of nitrogens with zero attached hydrogens (tertiary/aromatic N) is 5. The molecule has 2 aliphatic heterocycles. The fraction of sp³-hybridized carbons (Fsp3) is 0.378. The molecule has 5 rings (SSSR count). The number of anilines is 1. The van der Waals surface area contributed by atoms with E-state index in [4.69, 9.17) is 15.2 Å². The molecule has 12 heteroatoms. The number of benzene rings is 3. The number of fused-ring (bicyclic) bond motifs is 1. The maximum absolute atomic E-state index is 15.3. The Balaban J connectivity index is 1.17. The first-order chi connectivity index (χ1) is 23.4. The van der Waals surface area contributed by atoms with Crippen molar-refractivity contribution >= 4 is 23.5 Å². The van der Waals surface area contributed by atoms with Crippen LogP contribution in [0, 0.1) is 28.5 Å². The fourth-order valence-electron chi connectivity index (χ4n) is 6.11. The SMILES string of the molecule is CC(C)(C)OC(=O)CC[C@@H](C(N)=O)N1Cc2c(OCc3ccc(CN4CCN(c5ccc(C#N)c(C#N)c5)CC4)cc3F)cccc2C1=O. The maximum Gasteiger partial charge on any atom is 0.306 e.